The topological polar surface area (TPSA) is 133 Å². The maximum absolute atomic E-state index is 12.1. The Morgan fingerprint density at radius 2 is 1.73 bits per heavy atom. The highest BCUT2D eigenvalue weighted by molar-refractivity contribution is 6.11. The summed E-state index contributed by atoms with van der Waals surface area (Å²) in [6.07, 6.45) is 0. The van der Waals surface area contributed by atoms with E-state index in [9.17, 15) is 24.8 Å². The van der Waals surface area contributed by atoms with Crippen molar-refractivity contribution in [2.24, 2.45) is 0 Å². The van der Waals surface area contributed by atoms with Crippen LogP contribution in [0.5, 0.6) is 5.75 Å². The molecule has 2 N–H and O–H groups in total. The highest BCUT2D eigenvalue weighted by Crippen LogP contribution is 2.26. The number of aromatic carboxylic acids is 1. The Bertz CT molecular complexity index is 772. The van der Waals surface area contributed by atoms with Crippen molar-refractivity contribution < 1.29 is 24.7 Å². The second-order valence-corrected chi connectivity index (χ2v) is 4.24. The lowest BCUT2D eigenvalue weighted by Gasteiger charge is -2.14. The molecule has 2 aromatic rings. The van der Waals surface area contributed by atoms with Crippen molar-refractivity contribution in [3.8, 4) is 5.75 Å². The Kier molecular flexibility index (Phi) is 4.03. The molecule has 0 unspecified atom stereocenters. The first kappa shape index (κ1) is 15.0. The molecule has 0 aliphatic heterocycles. The predicted molar refractivity (Wildman–Crippen MR) is 73.9 cm³/mol. The number of nitrogens with zero attached hydrogens (tertiary/aromatic N) is 1. The van der Waals surface area contributed by atoms with Gasteiger partial charge in [0.15, 0.2) is 0 Å². The molecule has 1 amide bonds. The Balaban J connectivity index is 2.30. The summed E-state index contributed by atoms with van der Waals surface area (Å²) in [5.74, 6) is -2.81. The molecule has 0 aliphatic carbocycles. The summed E-state index contributed by atoms with van der Waals surface area (Å²) in [4.78, 5) is 32.9. The van der Waals surface area contributed by atoms with E-state index in [2.05, 4.69) is 5.32 Å². The number of carboxylic acid groups (broad SMARTS) is 1. The number of hydrogen-bond acceptors (Lipinski definition) is 5. The third-order valence-electron chi connectivity index (χ3n) is 2.83. The zero-order chi connectivity index (χ0) is 16.3. The lowest BCUT2D eigenvalue weighted by molar-refractivity contribution is -0.385. The molecule has 0 spiro atoms. The standard InChI is InChI=1S/C14H10N2O6/c17-12-7-8(16(21)22)5-6-11(12)15-13(18)9-3-1-2-4-10(9)14(19)20/h1-7,17H,(H,15,18)(H,19,20)/p-1. The highest BCUT2D eigenvalue weighted by Gasteiger charge is 2.16. The van der Waals surface area contributed by atoms with Gasteiger partial charge >= 0.3 is 5.97 Å². The van der Waals surface area contributed by atoms with Gasteiger partial charge in [-0.1, -0.05) is 17.9 Å². The number of carbonyl (C=O) groups excluding carboxylic acids is 1. The molecule has 0 fully saturated rings. The van der Waals surface area contributed by atoms with E-state index >= 15 is 0 Å². The average Bonchev–Trinajstić information content (AvgIpc) is 2.48. The molecule has 0 bridgehead atoms. The van der Waals surface area contributed by atoms with Crippen LogP contribution in [0.3, 0.4) is 0 Å². The van der Waals surface area contributed by atoms with Crippen molar-refractivity contribution >= 4 is 23.3 Å². The fourth-order valence-electron chi connectivity index (χ4n) is 1.79. The van der Waals surface area contributed by atoms with Crippen molar-refractivity contribution in [2.45, 2.75) is 0 Å². The van der Waals surface area contributed by atoms with Crippen LogP contribution < -0.4 is 10.4 Å². The third kappa shape index (κ3) is 3.01. The second kappa shape index (κ2) is 5.92. The molecule has 8 nitrogen and oxygen atoms in total. The van der Waals surface area contributed by atoms with Crippen LogP contribution in [0, 0.1) is 10.1 Å². The summed E-state index contributed by atoms with van der Waals surface area (Å²) in [5.41, 5.74) is -0.896. The summed E-state index contributed by atoms with van der Waals surface area (Å²) in [7, 11) is 0. The first-order valence-corrected chi connectivity index (χ1v) is 5.99. The van der Waals surface area contributed by atoms with Crippen LogP contribution >= 0.6 is 0 Å². The van der Waals surface area contributed by atoms with Gasteiger partial charge < -0.3 is 15.5 Å². The van der Waals surface area contributed by atoms with Crippen LogP contribution in [0.15, 0.2) is 42.5 Å². The van der Waals surface area contributed by atoms with Crippen LogP contribution in [0.25, 0.3) is 0 Å². The molecule has 22 heavy (non-hydrogen) atoms. The van der Waals surface area contributed by atoms with Gasteiger partial charge in [0.2, 0.25) is 0 Å². The molecule has 0 aliphatic rings. The molecule has 2 aromatic carbocycles. The molecular weight excluding hydrogens is 292 g/mol. The van der Waals surface area contributed by atoms with Crippen LogP contribution in [0.1, 0.15) is 20.7 Å². The fraction of sp³-hybridized carbons (Fsp3) is 0. The van der Waals surface area contributed by atoms with Crippen LogP contribution in [-0.2, 0) is 0 Å². The number of anilines is 1. The van der Waals surface area contributed by atoms with Gasteiger partial charge in [-0.3, -0.25) is 14.9 Å². The summed E-state index contributed by atoms with van der Waals surface area (Å²) < 4.78 is 0. The third-order valence-corrected chi connectivity index (χ3v) is 2.83. The van der Waals surface area contributed by atoms with Gasteiger partial charge in [-0.15, -0.1) is 0 Å². The zero-order valence-electron chi connectivity index (χ0n) is 11.0. The normalized spacial score (nSPS) is 10.0. The van der Waals surface area contributed by atoms with E-state index in [0.717, 1.165) is 18.2 Å². The van der Waals surface area contributed by atoms with Crippen LogP contribution in [-0.4, -0.2) is 21.9 Å². The maximum atomic E-state index is 12.1. The minimum Gasteiger partial charge on any atom is -0.871 e. The second-order valence-electron chi connectivity index (χ2n) is 4.24. The van der Waals surface area contributed by atoms with Gasteiger partial charge in [-0.25, -0.2) is 4.79 Å². The van der Waals surface area contributed by atoms with E-state index < -0.39 is 28.2 Å². The summed E-state index contributed by atoms with van der Waals surface area (Å²) in [6, 6.07) is 8.45. The molecule has 2 rings (SSSR count). The van der Waals surface area contributed by atoms with Gasteiger partial charge in [-0.05, 0) is 18.2 Å². The summed E-state index contributed by atoms with van der Waals surface area (Å²) in [5, 5.41) is 33.5. The van der Waals surface area contributed by atoms with Crippen molar-refractivity contribution in [3.05, 3.63) is 63.7 Å². The number of benzene rings is 2. The van der Waals surface area contributed by atoms with Gasteiger partial charge in [0.05, 0.1) is 16.1 Å². The minimum atomic E-state index is -1.28. The quantitative estimate of drug-likeness (QED) is 0.651. The van der Waals surface area contributed by atoms with E-state index in [1.165, 1.54) is 24.3 Å². The molecule has 0 saturated carbocycles. The van der Waals surface area contributed by atoms with Crippen LogP contribution in [0.4, 0.5) is 11.4 Å². The minimum absolute atomic E-state index is 0.118. The molecule has 0 heterocycles. The Morgan fingerprint density at radius 3 is 2.27 bits per heavy atom. The fourth-order valence-corrected chi connectivity index (χ4v) is 1.79. The smallest absolute Gasteiger partial charge is 0.336 e. The van der Waals surface area contributed by atoms with Crippen molar-refractivity contribution in [1.29, 1.82) is 0 Å². The van der Waals surface area contributed by atoms with Gasteiger partial charge in [0, 0.05) is 17.8 Å². The highest BCUT2D eigenvalue weighted by atomic mass is 16.6. The average molecular weight is 301 g/mol. The number of non-ortho nitro benzene ring substituents is 1. The number of hydrogen-bond donors (Lipinski definition) is 2. The predicted octanol–water partition coefficient (Wildman–Crippen LogP) is 1.62. The summed E-state index contributed by atoms with van der Waals surface area (Å²) in [6.45, 7) is 0. The molecule has 0 radical (unpaired) electrons. The van der Waals surface area contributed by atoms with E-state index in [0.29, 0.717) is 0 Å². The molecule has 0 atom stereocenters. The molecule has 0 aromatic heterocycles. The largest absolute Gasteiger partial charge is 0.871 e. The number of amides is 1. The number of carbonyl (C=O) groups is 2. The maximum Gasteiger partial charge on any atom is 0.336 e. The Labute approximate surface area is 123 Å². The Morgan fingerprint density at radius 1 is 1.09 bits per heavy atom. The van der Waals surface area contributed by atoms with Gasteiger partial charge in [0.1, 0.15) is 0 Å². The first-order valence-electron chi connectivity index (χ1n) is 5.99. The molecular formula is C14H9N2O6-. The van der Waals surface area contributed by atoms with Gasteiger partial charge in [0.25, 0.3) is 11.6 Å². The molecule has 112 valence electrons. The van der Waals surface area contributed by atoms with Crippen molar-refractivity contribution in [3.63, 3.8) is 0 Å². The Hall–Kier alpha value is -3.42. The lowest BCUT2D eigenvalue weighted by atomic mass is 10.1. The van der Waals surface area contributed by atoms with Crippen molar-refractivity contribution in [2.75, 3.05) is 5.32 Å². The number of nitrogens with one attached hydrogen (secondary N) is 1. The van der Waals surface area contributed by atoms with E-state index in [1.54, 1.807) is 0 Å². The van der Waals surface area contributed by atoms with Crippen molar-refractivity contribution in [1.82, 2.24) is 0 Å². The number of nitro benzene ring substituents is 1. The number of rotatable bonds is 4. The monoisotopic (exact) mass is 301 g/mol. The SMILES string of the molecule is O=C(O)c1ccccc1C(=O)Nc1ccc([N+](=O)[O-])cc1[O-]. The van der Waals surface area contributed by atoms with E-state index in [4.69, 9.17) is 5.11 Å². The number of carboxylic acids is 1. The molecule has 0 saturated heterocycles. The van der Waals surface area contributed by atoms with Gasteiger partial charge in [-0.2, -0.15) is 0 Å². The van der Waals surface area contributed by atoms with Crippen LogP contribution in [0.2, 0.25) is 0 Å². The lowest BCUT2D eigenvalue weighted by Crippen LogP contribution is -2.17. The van der Waals surface area contributed by atoms with E-state index in [-0.39, 0.29) is 16.8 Å². The zero-order valence-corrected chi connectivity index (χ0v) is 11.0. The first-order chi connectivity index (χ1) is 10.4. The number of nitro groups is 1. The molecule has 8 heteroatoms. The van der Waals surface area contributed by atoms with E-state index in [1.807, 2.05) is 0 Å². The summed E-state index contributed by atoms with van der Waals surface area (Å²) >= 11 is 0.